The number of aliphatic carboxylic acids is 1. The van der Waals surface area contributed by atoms with Crippen molar-refractivity contribution in [2.75, 3.05) is 6.61 Å². The van der Waals surface area contributed by atoms with Crippen LogP contribution in [0.15, 0.2) is 49.2 Å². The molecule has 0 aliphatic heterocycles. The molecule has 0 unspecified atom stereocenters. The van der Waals surface area contributed by atoms with E-state index in [9.17, 15) is 9.59 Å². The third kappa shape index (κ3) is 5.34. The number of fused-ring (bicyclic) bond motifs is 1. The number of carbonyl (C=O) groups is 1. The van der Waals surface area contributed by atoms with Crippen LogP contribution in [-0.2, 0) is 10.2 Å². The highest BCUT2D eigenvalue weighted by Gasteiger charge is 2.23. The molecule has 3 aromatic rings. The SMILES string of the molecule is CC(C)(C)c1nc2ccc(Br)cc2c(=O)n1N=Cc1cc(Cl)c(OCC(=O)O)c(Br)c1. The fourth-order valence-corrected chi connectivity index (χ4v) is 4.14. The zero-order valence-electron chi connectivity index (χ0n) is 16.8. The van der Waals surface area contributed by atoms with Gasteiger partial charge in [0, 0.05) is 9.89 Å². The molecule has 3 rings (SSSR count). The average Bonchev–Trinajstić information content (AvgIpc) is 2.66. The molecule has 10 heteroatoms. The largest absolute Gasteiger partial charge is 0.479 e. The van der Waals surface area contributed by atoms with Crippen molar-refractivity contribution in [1.82, 2.24) is 9.66 Å². The molecular formula is C21H18Br2ClN3O4. The highest BCUT2D eigenvalue weighted by molar-refractivity contribution is 9.10. The minimum atomic E-state index is -1.11. The van der Waals surface area contributed by atoms with Crippen molar-refractivity contribution in [2.24, 2.45) is 5.10 Å². The van der Waals surface area contributed by atoms with E-state index in [2.05, 4.69) is 41.9 Å². The summed E-state index contributed by atoms with van der Waals surface area (Å²) in [5, 5.41) is 13.8. The summed E-state index contributed by atoms with van der Waals surface area (Å²) in [7, 11) is 0. The average molecular weight is 572 g/mol. The smallest absolute Gasteiger partial charge is 0.341 e. The maximum absolute atomic E-state index is 13.2. The summed E-state index contributed by atoms with van der Waals surface area (Å²) in [4.78, 5) is 28.6. The molecule has 2 aromatic carbocycles. The number of carboxylic acid groups (broad SMARTS) is 1. The Bertz CT molecular complexity index is 1240. The Morgan fingerprint density at radius 2 is 2.00 bits per heavy atom. The lowest BCUT2D eigenvalue weighted by atomic mass is 9.95. The van der Waals surface area contributed by atoms with E-state index in [4.69, 9.17) is 21.4 Å². The molecule has 0 spiro atoms. The standard InChI is InChI=1S/C21H18Br2ClN3O4/c1-21(2,3)20-26-16-5-4-12(22)8-13(16)19(30)27(20)25-9-11-6-14(23)18(15(24)7-11)31-10-17(28)29/h4-9H,10H2,1-3H3,(H,28,29). The van der Waals surface area contributed by atoms with Crippen molar-refractivity contribution in [3.8, 4) is 5.75 Å². The van der Waals surface area contributed by atoms with Crippen LogP contribution in [0.3, 0.4) is 0 Å². The maximum atomic E-state index is 13.2. The molecular weight excluding hydrogens is 554 g/mol. The molecule has 162 valence electrons. The van der Waals surface area contributed by atoms with Crippen molar-refractivity contribution < 1.29 is 14.6 Å². The number of benzene rings is 2. The van der Waals surface area contributed by atoms with E-state index < -0.39 is 18.0 Å². The van der Waals surface area contributed by atoms with Crippen LogP contribution in [0.2, 0.25) is 5.02 Å². The molecule has 31 heavy (non-hydrogen) atoms. The maximum Gasteiger partial charge on any atom is 0.341 e. The van der Waals surface area contributed by atoms with Crippen molar-refractivity contribution in [1.29, 1.82) is 0 Å². The third-order valence-corrected chi connectivity index (χ3v) is 5.53. The number of nitrogens with zero attached hydrogens (tertiary/aromatic N) is 3. The molecule has 0 radical (unpaired) electrons. The highest BCUT2D eigenvalue weighted by atomic mass is 79.9. The van der Waals surface area contributed by atoms with Gasteiger partial charge in [0.15, 0.2) is 12.4 Å². The van der Waals surface area contributed by atoms with Gasteiger partial charge in [0.2, 0.25) is 0 Å². The molecule has 0 atom stereocenters. The predicted octanol–water partition coefficient (Wildman–Crippen LogP) is 5.22. The van der Waals surface area contributed by atoms with Gasteiger partial charge in [-0.1, -0.05) is 48.3 Å². The zero-order chi connectivity index (χ0) is 22.9. The molecule has 0 aliphatic rings. The van der Waals surface area contributed by atoms with E-state index in [1.807, 2.05) is 26.8 Å². The second-order valence-electron chi connectivity index (χ2n) is 7.70. The molecule has 1 N–H and O–H groups in total. The zero-order valence-corrected chi connectivity index (χ0v) is 20.7. The quantitative estimate of drug-likeness (QED) is 0.424. The van der Waals surface area contributed by atoms with E-state index in [1.165, 1.54) is 10.9 Å². The highest BCUT2D eigenvalue weighted by Crippen LogP contribution is 2.34. The molecule has 0 aliphatic carbocycles. The lowest BCUT2D eigenvalue weighted by molar-refractivity contribution is -0.139. The van der Waals surface area contributed by atoms with E-state index in [-0.39, 0.29) is 16.3 Å². The van der Waals surface area contributed by atoms with Crippen LogP contribution in [-0.4, -0.2) is 33.6 Å². The van der Waals surface area contributed by atoms with Crippen LogP contribution in [0.4, 0.5) is 0 Å². The second kappa shape index (κ2) is 9.10. The number of ether oxygens (including phenoxy) is 1. The fraction of sp³-hybridized carbons (Fsp3) is 0.238. The van der Waals surface area contributed by atoms with Crippen molar-refractivity contribution in [2.45, 2.75) is 26.2 Å². The summed E-state index contributed by atoms with van der Waals surface area (Å²) in [6.07, 6.45) is 1.49. The first-order valence-corrected chi connectivity index (χ1v) is 11.0. The van der Waals surface area contributed by atoms with Gasteiger partial charge in [0.1, 0.15) is 5.82 Å². The van der Waals surface area contributed by atoms with Crippen LogP contribution in [0, 0.1) is 0 Å². The molecule has 1 heterocycles. The monoisotopic (exact) mass is 569 g/mol. The number of carboxylic acids is 1. The Kier molecular flexibility index (Phi) is 6.88. The Morgan fingerprint density at radius 3 is 2.61 bits per heavy atom. The van der Waals surface area contributed by atoms with E-state index in [1.54, 1.807) is 24.3 Å². The Morgan fingerprint density at radius 1 is 1.29 bits per heavy atom. The van der Waals surface area contributed by atoms with Gasteiger partial charge in [0.05, 0.1) is 26.6 Å². The van der Waals surface area contributed by atoms with Gasteiger partial charge in [-0.15, -0.1) is 0 Å². The van der Waals surface area contributed by atoms with Crippen molar-refractivity contribution in [3.05, 3.63) is 66.0 Å². The first kappa shape index (κ1) is 23.4. The summed E-state index contributed by atoms with van der Waals surface area (Å²) < 4.78 is 7.71. The van der Waals surface area contributed by atoms with E-state index in [0.29, 0.717) is 26.8 Å². The summed E-state index contributed by atoms with van der Waals surface area (Å²) in [6.45, 7) is 5.34. The first-order valence-electron chi connectivity index (χ1n) is 9.08. The molecule has 7 nitrogen and oxygen atoms in total. The predicted molar refractivity (Wildman–Crippen MR) is 128 cm³/mol. The van der Waals surface area contributed by atoms with Gasteiger partial charge < -0.3 is 9.84 Å². The molecule has 1 aromatic heterocycles. The van der Waals surface area contributed by atoms with Gasteiger partial charge in [-0.3, -0.25) is 4.79 Å². The molecule has 0 fully saturated rings. The number of hydrogen-bond donors (Lipinski definition) is 1. The molecule has 0 saturated carbocycles. The number of hydrogen-bond acceptors (Lipinski definition) is 5. The Hall–Kier alpha value is -2.23. The molecule has 0 amide bonds. The second-order valence-corrected chi connectivity index (χ2v) is 9.88. The Labute approximate surface area is 200 Å². The van der Waals surface area contributed by atoms with Crippen LogP contribution in [0.5, 0.6) is 5.75 Å². The third-order valence-electron chi connectivity index (χ3n) is 4.16. The number of halogens is 3. The van der Waals surface area contributed by atoms with Gasteiger partial charge in [0.25, 0.3) is 5.56 Å². The lowest BCUT2D eigenvalue weighted by Crippen LogP contribution is -2.29. The van der Waals surface area contributed by atoms with Gasteiger partial charge in [-0.05, 0) is 51.8 Å². The van der Waals surface area contributed by atoms with Crippen LogP contribution < -0.4 is 10.3 Å². The fourth-order valence-electron chi connectivity index (χ4n) is 2.79. The van der Waals surface area contributed by atoms with Gasteiger partial charge in [-0.2, -0.15) is 9.78 Å². The van der Waals surface area contributed by atoms with Crippen LogP contribution in [0.25, 0.3) is 10.9 Å². The summed E-state index contributed by atoms with van der Waals surface area (Å²) in [6, 6.07) is 8.57. The number of aromatic nitrogens is 2. The summed E-state index contributed by atoms with van der Waals surface area (Å²) >= 11 is 12.9. The molecule has 0 saturated heterocycles. The van der Waals surface area contributed by atoms with Crippen LogP contribution >= 0.6 is 43.5 Å². The minimum absolute atomic E-state index is 0.209. The van der Waals surface area contributed by atoms with E-state index in [0.717, 1.165) is 4.47 Å². The Balaban J connectivity index is 2.09. The first-order chi connectivity index (χ1) is 14.5. The normalized spacial score (nSPS) is 11.9. The van der Waals surface area contributed by atoms with E-state index >= 15 is 0 Å². The number of rotatable bonds is 5. The summed E-state index contributed by atoms with van der Waals surface area (Å²) in [5.41, 5.74) is 0.444. The topological polar surface area (TPSA) is 93.8 Å². The van der Waals surface area contributed by atoms with Gasteiger partial charge in [-0.25, -0.2) is 9.78 Å². The van der Waals surface area contributed by atoms with Gasteiger partial charge >= 0.3 is 5.97 Å². The summed E-state index contributed by atoms with van der Waals surface area (Å²) in [5.74, 6) is -0.390. The van der Waals surface area contributed by atoms with Crippen LogP contribution in [0.1, 0.15) is 32.2 Å². The van der Waals surface area contributed by atoms with Crippen molar-refractivity contribution >= 4 is 66.5 Å². The van der Waals surface area contributed by atoms with Crippen molar-refractivity contribution in [3.63, 3.8) is 0 Å². The minimum Gasteiger partial charge on any atom is -0.479 e. The molecule has 0 bridgehead atoms. The lowest BCUT2D eigenvalue weighted by Gasteiger charge is -2.20.